The van der Waals surface area contributed by atoms with Gasteiger partial charge < -0.3 is 10.8 Å². The van der Waals surface area contributed by atoms with Crippen molar-refractivity contribution in [1.82, 2.24) is 0 Å². The molecule has 0 fully saturated rings. The van der Waals surface area contributed by atoms with Crippen LogP contribution in [0.2, 0.25) is 0 Å². The zero-order valence-electron chi connectivity index (χ0n) is 5.82. The summed E-state index contributed by atoms with van der Waals surface area (Å²) < 4.78 is 47.5. The zero-order valence-corrected chi connectivity index (χ0v) is 5.82. The second-order valence-corrected chi connectivity index (χ2v) is 2.35. The number of alkyl halides is 4. The minimum atomic E-state index is -4.98. The quantitative estimate of drug-likeness (QED) is 0.603. The van der Waals surface area contributed by atoms with Crippen LogP contribution in [-0.4, -0.2) is 29.6 Å². The molecule has 2 atom stereocenters. The first-order valence-corrected chi connectivity index (χ1v) is 2.86. The van der Waals surface area contributed by atoms with Gasteiger partial charge in [-0.25, -0.2) is 4.39 Å². The normalized spacial score (nSPS) is 21.0. The van der Waals surface area contributed by atoms with Crippen LogP contribution < -0.4 is 5.73 Å². The van der Waals surface area contributed by atoms with Gasteiger partial charge in [0, 0.05) is 6.54 Å². The van der Waals surface area contributed by atoms with Crippen LogP contribution in [-0.2, 0) is 0 Å². The highest BCUT2D eigenvalue weighted by molar-refractivity contribution is 4.89. The summed E-state index contributed by atoms with van der Waals surface area (Å²) in [7, 11) is 0. The molecule has 3 N–H and O–H groups in total. The smallest absolute Gasteiger partial charge is 0.378 e. The predicted octanol–water partition coefficient (Wildman–Crippen LogP) is 0.597. The molecule has 1 unspecified atom stereocenters. The van der Waals surface area contributed by atoms with Gasteiger partial charge in [0.05, 0.1) is 0 Å². The highest BCUT2D eigenvalue weighted by Crippen LogP contribution is 2.33. The van der Waals surface area contributed by atoms with Crippen molar-refractivity contribution in [3.05, 3.63) is 0 Å². The molecule has 6 heteroatoms. The first kappa shape index (κ1) is 10.6. The van der Waals surface area contributed by atoms with E-state index in [1.54, 1.807) is 0 Å². The maximum atomic E-state index is 12.3. The molecule has 0 amide bonds. The van der Waals surface area contributed by atoms with E-state index in [-0.39, 0.29) is 0 Å². The summed E-state index contributed by atoms with van der Waals surface area (Å²) in [6.07, 6.45) is -7.46. The van der Waals surface area contributed by atoms with E-state index < -0.39 is 24.5 Å². The fourth-order valence-electron chi connectivity index (χ4n) is 0.407. The van der Waals surface area contributed by atoms with Crippen molar-refractivity contribution in [1.29, 1.82) is 0 Å². The number of aliphatic hydroxyl groups is 1. The van der Waals surface area contributed by atoms with Crippen LogP contribution in [0.1, 0.15) is 6.92 Å². The highest BCUT2D eigenvalue weighted by atomic mass is 19.4. The molecule has 0 aliphatic carbocycles. The first-order chi connectivity index (χ1) is 4.73. The minimum absolute atomic E-state index is 0.352. The van der Waals surface area contributed by atoms with Crippen LogP contribution in [0.25, 0.3) is 0 Å². The lowest BCUT2D eigenvalue weighted by atomic mass is 10.0. The Morgan fingerprint density at radius 2 is 1.82 bits per heavy atom. The molecule has 0 saturated carbocycles. The topological polar surface area (TPSA) is 46.2 Å². The number of hydrogen-bond donors (Lipinski definition) is 2. The standard InChI is InChI=1S/C5H9F4NO/c1-4(11,3(6)2-10)5(7,8)9/h3,11H,2,10H2,1H3/t3-,4?/m1/s1. The molecule has 0 saturated heterocycles. The van der Waals surface area contributed by atoms with Gasteiger partial charge in [0.25, 0.3) is 0 Å². The third-order valence-electron chi connectivity index (χ3n) is 1.39. The van der Waals surface area contributed by atoms with Gasteiger partial charge in [-0.2, -0.15) is 13.2 Å². The summed E-state index contributed by atoms with van der Waals surface area (Å²) in [5.41, 5.74) is 1.27. The third kappa shape index (κ3) is 2.03. The maximum absolute atomic E-state index is 12.3. The molecular formula is C5H9F4NO. The van der Waals surface area contributed by atoms with E-state index >= 15 is 0 Å². The molecule has 0 spiro atoms. The average molecular weight is 175 g/mol. The van der Waals surface area contributed by atoms with Crippen LogP contribution in [0, 0.1) is 0 Å². The van der Waals surface area contributed by atoms with E-state index in [0.29, 0.717) is 6.92 Å². The Balaban J connectivity index is 4.45. The monoisotopic (exact) mass is 175 g/mol. The van der Waals surface area contributed by atoms with Crippen molar-refractivity contribution in [2.45, 2.75) is 24.9 Å². The Morgan fingerprint density at radius 1 is 1.45 bits per heavy atom. The van der Waals surface area contributed by atoms with Crippen molar-refractivity contribution in [2.24, 2.45) is 5.73 Å². The van der Waals surface area contributed by atoms with Gasteiger partial charge in [-0.1, -0.05) is 0 Å². The van der Waals surface area contributed by atoms with Crippen molar-refractivity contribution in [3.8, 4) is 0 Å². The number of halogens is 4. The van der Waals surface area contributed by atoms with Gasteiger partial charge >= 0.3 is 6.18 Å². The first-order valence-electron chi connectivity index (χ1n) is 2.86. The molecule has 0 aromatic heterocycles. The van der Waals surface area contributed by atoms with E-state index in [4.69, 9.17) is 5.11 Å². The van der Waals surface area contributed by atoms with Crippen molar-refractivity contribution in [2.75, 3.05) is 6.54 Å². The molecule has 0 aromatic rings. The largest absolute Gasteiger partial charge is 0.419 e. The zero-order chi connectivity index (χ0) is 9.28. The Bertz CT molecular complexity index is 133. The fraction of sp³-hybridized carbons (Fsp3) is 1.00. The molecule has 68 valence electrons. The molecule has 0 bridgehead atoms. The molecule has 0 rings (SSSR count). The summed E-state index contributed by atoms with van der Waals surface area (Å²) in [5.74, 6) is 0. The van der Waals surface area contributed by atoms with Crippen LogP contribution in [0.3, 0.4) is 0 Å². The van der Waals surface area contributed by atoms with Crippen LogP contribution in [0.15, 0.2) is 0 Å². The lowest BCUT2D eigenvalue weighted by Crippen LogP contribution is -2.52. The second-order valence-electron chi connectivity index (χ2n) is 2.35. The van der Waals surface area contributed by atoms with Gasteiger partial charge in [0.15, 0.2) is 5.60 Å². The van der Waals surface area contributed by atoms with Gasteiger partial charge in [0.2, 0.25) is 0 Å². The molecular weight excluding hydrogens is 166 g/mol. The average Bonchev–Trinajstić information content (AvgIpc) is 1.83. The van der Waals surface area contributed by atoms with E-state index in [1.807, 2.05) is 0 Å². The summed E-state index contributed by atoms with van der Waals surface area (Å²) in [5, 5.41) is 8.54. The van der Waals surface area contributed by atoms with Gasteiger partial charge in [-0.15, -0.1) is 0 Å². The van der Waals surface area contributed by atoms with Gasteiger partial charge in [-0.05, 0) is 6.92 Å². The summed E-state index contributed by atoms with van der Waals surface area (Å²) in [6, 6.07) is 0. The molecule has 0 aliphatic heterocycles. The summed E-state index contributed by atoms with van der Waals surface area (Å²) in [6.45, 7) is -0.503. The molecule has 0 aliphatic rings. The minimum Gasteiger partial charge on any atom is -0.378 e. The predicted molar refractivity (Wildman–Crippen MR) is 30.6 cm³/mol. The lowest BCUT2D eigenvalue weighted by molar-refractivity contribution is -0.271. The Morgan fingerprint density at radius 3 is 1.91 bits per heavy atom. The molecule has 2 nitrogen and oxygen atoms in total. The van der Waals surface area contributed by atoms with Crippen molar-refractivity contribution in [3.63, 3.8) is 0 Å². The molecule has 0 radical (unpaired) electrons. The van der Waals surface area contributed by atoms with Gasteiger partial charge in [0.1, 0.15) is 6.17 Å². The Kier molecular flexibility index (Phi) is 2.85. The fourth-order valence-corrected chi connectivity index (χ4v) is 0.407. The van der Waals surface area contributed by atoms with E-state index in [9.17, 15) is 17.6 Å². The van der Waals surface area contributed by atoms with E-state index in [0.717, 1.165) is 0 Å². The van der Waals surface area contributed by atoms with Crippen molar-refractivity contribution < 1.29 is 22.7 Å². The summed E-state index contributed by atoms with van der Waals surface area (Å²) >= 11 is 0. The van der Waals surface area contributed by atoms with Crippen LogP contribution >= 0.6 is 0 Å². The molecule has 11 heavy (non-hydrogen) atoms. The van der Waals surface area contributed by atoms with Gasteiger partial charge in [-0.3, -0.25) is 0 Å². The number of rotatable bonds is 2. The molecule has 0 heterocycles. The van der Waals surface area contributed by atoms with Crippen LogP contribution in [0.5, 0.6) is 0 Å². The third-order valence-corrected chi connectivity index (χ3v) is 1.39. The lowest BCUT2D eigenvalue weighted by Gasteiger charge is -2.28. The SMILES string of the molecule is CC(O)([C@H](F)CN)C(F)(F)F. The van der Waals surface area contributed by atoms with E-state index in [1.165, 1.54) is 0 Å². The van der Waals surface area contributed by atoms with E-state index in [2.05, 4.69) is 5.73 Å². The Labute approximate surface area is 61.0 Å². The number of hydrogen-bond acceptors (Lipinski definition) is 2. The highest BCUT2D eigenvalue weighted by Gasteiger charge is 2.55. The summed E-state index contributed by atoms with van der Waals surface area (Å²) in [4.78, 5) is 0. The maximum Gasteiger partial charge on any atom is 0.419 e. The Hall–Kier alpha value is -0.360. The van der Waals surface area contributed by atoms with Crippen LogP contribution in [0.4, 0.5) is 17.6 Å². The molecule has 0 aromatic carbocycles. The van der Waals surface area contributed by atoms with Crippen molar-refractivity contribution >= 4 is 0 Å². The second kappa shape index (κ2) is 2.94. The number of nitrogens with two attached hydrogens (primary N) is 1.